The van der Waals surface area contributed by atoms with E-state index >= 15 is 0 Å². The quantitative estimate of drug-likeness (QED) is 0.569. The first-order chi connectivity index (χ1) is 8.35. The highest BCUT2D eigenvalue weighted by molar-refractivity contribution is 5.69. The molecule has 0 radical (unpaired) electrons. The van der Waals surface area contributed by atoms with E-state index in [0.717, 1.165) is 11.0 Å². The molecule has 2 rings (SSSR count). The van der Waals surface area contributed by atoms with Crippen molar-refractivity contribution in [1.82, 2.24) is 15.2 Å². The Bertz CT molecular complexity index is 465. The van der Waals surface area contributed by atoms with Crippen LogP contribution in [0.5, 0.6) is 0 Å². The molecule has 0 saturated heterocycles. The lowest BCUT2D eigenvalue weighted by molar-refractivity contribution is -0.748. The molecule has 0 spiro atoms. The molecule has 17 heavy (non-hydrogen) atoms. The zero-order chi connectivity index (χ0) is 12.1. The molecule has 0 bridgehead atoms. The van der Waals surface area contributed by atoms with Crippen molar-refractivity contribution in [2.45, 2.75) is 6.67 Å². The highest BCUT2D eigenvalue weighted by Gasteiger charge is 2.14. The van der Waals surface area contributed by atoms with Crippen LogP contribution in [-0.2, 0) is 6.67 Å². The number of aliphatic hydroxyl groups excluding tert-OH is 2. The van der Waals surface area contributed by atoms with E-state index in [1.165, 1.54) is 0 Å². The minimum absolute atomic E-state index is 0.0760. The highest BCUT2D eigenvalue weighted by Crippen LogP contribution is 2.04. The van der Waals surface area contributed by atoms with E-state index in [0.29, 0.717) is 19.8 Å². The fourth-order valence-corrected chi connectivity index (χ4v) is 1.80. The molecule has 0 aliphatic rings. The van der Waals surface area contributed by atoms with Gasteiger partial charge in [0.2, 0.25) is 11.0 Å². The van der Waals surface area contributed by atoms with Gasteiger partial charge < -0.3 is 10.2 Å². The maximum atomic E-state index is 8.95. The van der Waals surface area contributed by atoms with E-state index in [9.17, 15) is 0 Å². The van der Waals surface area contributed by atoms with E-state index < -0.39 is 0 Å². The standard InChI is InChI=1S/C11H16N4O2/c16-7-5-14(6-8-17)9-15-11-4-2-1-3-10(11)12-13-15/h1-4,16-17H,5-9H2/p+1. The number of nitrogens with zero attached hydrogens (tertiary/aromatic N) is 3. The molecule has 2 aromatic rings. The Balaban J connectivity index is 2.15. The summed E-state index contributed by atoms with van der Waals surface area (Å²) in [5.74, 6) is 0. The van der Waals surface area contributed by atoms with Crippen LogP contribution in [0.3, 0.4) is 0 Å². The lowest BCUT2D eigenvalue weighted by Crippen LogP contribution is -2.47. The van der Waals surface area contributed by atoms with Crippen LogP contribution in [0, 0.1) is 0 Å². The van der Waals surface area contributed by atoms with Gasteiger partial charge in [0, 0.05) is 18.2 Å². The molecule has 1 aromatic carbocycles. The Morgan fingerprint density at radius 1 is 1.18 bits per heavy atom. The van der Waals surface area contributed by atoms with Gasteiger partial charge in [-0.15, -0.1) is 4.68 Å². The minimum atomic E-state index is 0.0760. The van der Waals surface area contributed by atoms with Crippen molar-refractivity contribution in [1.29, 1.82) is 0 Å². The van der Waals surface area contributed by atoms with E-state index in [2.05, 4.69) is 10.3 Å². The lowest BCUT2D eigenvalue weighted by Gasteiger charge is -2.16. The van der Waals surface area contributed by atoms with Gasteiger partial charge in [-0.2, -0.15) is 0 Å². The number of benzene rings is 1. The molecule has 0 unspecified atom stereocenters. The van der Waals surface area contributed by atoms with E-state index in [1.54, 1.807) is 0 Å². The topological polar surface area (TPSA) is 76.3 Å². The Morgan fingerprint density at radius 3 is 2.59 bits per heavy atom. The van der Waals surface area contributed by atoms with Crippen LogP contribution in [0.1, 0.15) is 0 Å². The summed E-state index contributed by atoms with van der Waals surface area (Å²) >= 11 is 0. The first-order valence-electron chi connectivity index (χ1n) is 5.62. The third-order valence-corrected chi connectivity index (χ3v) is 2.64. The van der Waals surface area contributed by atoms with Crippen LogP contribution in [0.4, 0.5) is 0 Å². The zero-order valence-electron chi connectivity index (χ0n) is 9.58. The number of H-pyrrole nitrogens is 1. The highest BCUT2D eigenvalue weighted by atomic mass is 16.3. The number of fused-ring (bicyclic) bond motifs is 1. The van der Waals surface area contributed by atoms with Crippen LogP contribution in [0.15, 0.2) is 24.3 Å². The molecule has 0 aliphatic heterocycles. The van der Waals surface area contributed by atoms with Crippen LogP contribution < -0.4 is 4.68 Å². The number of hydrogen-bond donors (Lipinski definition) is 3. The second-order valence-corrected chi connectivity index (χ2v) is 3.84. The van der Waals surface area contributed by atoms with Crippen molar-refractivity contribution >= 4 is 11.0 Å². The monoisotopic (exact) mass is 237 g/mol. The van der Waals surface area contributed by atoms with Gasteiger partial charge in [0.25, 0.3) is 0 Å². The molecule has 6 nitrogen and oxygen atoms in total. The van der Waals surface area contributed by atoms with Crippen LogP contribution in [-0.4, -0.2) is 51.7 Å². The third-order valence-electron chi connectivity index (χ3n) is 2.64. The smallest absolute Gasteiger partial charge is 0.248 e. The van der Waals surface area contributed by atoms with Crippen molar-refractivity contribution in [2.75, 3.05) is 26.3 Å². The number of rotatable bonds is 6. The molecule has 3 N–H and O–H groups in total. The fourth-order valence-electron chi connectivity index (χ4n) is 1.80. The summed E-state index contributed by atoms with van der Waals surface area (Å²) in [5, 5.41) is 25.0. The minimum Gasteiger partial charge on any atom is -0.395 e. The Kier molecular flexibility index (Phi) is 4.03. The molecule has 1 aromatic heterocycles. The number of nitrogens with one attached hydrogen (secondary N) is 1. The van der Waals surface area contributed by atoms with E-state index in [1.807, 2.05) is 33.8 Å². The maximum absolute atomic E-state index is 8.95. The summed E-state index contributed by atoms with van der Waals surface area (Å²) in [6.45, 7) is 1.78. The summed E-state index contributed by atoms with van der Waals surface area (Å²) < 4.78 is 1.89. The predicted molar refractivity (Wildman–Crippen MR) is 62.0 cm³/mol. The fraction of sp³-hybridized carbons (Fsp3) is 0.455. The number of aromatic nitrogens is 3. The van der Waals surface area contributed by atoms with Crippen molar-refractivity contribution in [3.63, 3.8) is 0 Å². The van der Waals surface area contributed by atoms with Crippen molar-refractivity contribution in [3.8, 4) is 0 Å². The predicted octanol–water partition coefficient (Wildman–Crippen LogP) is -0.905. The van der Waals surface area contributed by atoms with E-state index in [4.69, 9.17) is 10.2 Å². The Hall–Kier alpha value is -1.50. The first kappa shape index (κ1) is 12.0. The van der Waals surface area contributed by atoms with Crippen LogP contribution in [0.2, 0.25) is 0 Å². The van der Waals surface area contributed by atoms with Gasteiger partial charge in [0.1, 0.15) is 0 Å². The number of para-hydroxylation sites is 2. The number of aliphatic hydroxyl groups is 2. The Morgan fingerprint density at radius 2 is 1.88 bits per heavy atom. The number of hydrogen-bond acceptors (Lipinski definition) is 4. The van der Waals surface area contributed by atoms with Gasteiger partial charge in [-0.3, -0.25) is 4.90 Å². The van der Waals surface area contributed by atoms with Gasteiger partial charge in [0.15, 0.2) is 6.67 Å². The van der Waals surface area contributed by atoms with Gasteiger partial charge in [-0.05, 0) is 12.1 Å². The lowest BCUT2D eigenvalue weighted by atomic mass is 10.3. The molecule has 0 fully saturated rings. The SMILES string of the molecule is OCCN(CCO)C[n+]1[nH]nc2ccccc21. The van der Waals surface area contributed by atoms with Gasteiger partial charge >= 0.3 is 0 Å². The van der Waals surface area contributed by atoms with Gasteiger partial charge in [0.05, 0.1) is 13.2 Å². The molecule has 0 aliphatic carbocycles. The molecule has 1 heterocycles. The third kappa shape index (κ3) is 2.79. The van der Waals surface area contributed by atoms with Gasteiger partial charge in [-0.1, -0.05) is 17.3 Å². The average Bonchev–Trinajstić information content (AvgIpc) is 2.74. The summed E-state index contributed by atoms with van der Waals surface area (Å²) in [6.07, 6.45) is 0. The largest absolute Gasteiger partial charge is 0.395 e. The molecular formula is C11H17N4O2+. The summed E-state index contributed by atoms with van der Waals surface area (Å²) in [4.78, 5) is 1.95. The van der Waals surface area contributed by atoms with Crippen LogP contribution >= 0.6 is 0 Å². The number of aromatic amines is 1. The summed E-state index contributed by atoms with van der Waals surface area (Å²) in [6, 6.07) is 7.81. The molecule has 0 saturated carbocycles. The summed E-state index contributed by atoms with van der Waals surface area (Å²) in [7, 11) is 0. The van der Waals surface area contributed by atoms with Crippen molar-refractivity contribution in [3.05, 3.63) is 24.3 Å². The molecule has 0 atom stereocenters. The zero-order valence-corrected chi connectivity index (χ0v) is 9.58. The van der Waals surface area contributed by atoms with Crippen molar-refractivity contribution < 1.29 is 14.9 Å². The molecule has 6 heteroatoms. The second kappa shape index (κ2) is 5.72. The second-order valence-electron chi connectivity index (χ2n) is 3.84. The van der Waals surface area contributed by atoms with Crippen molar-refractivity contribution in [2.24, 2.45) is 0 Å². The maximum Gasteiger partial charge on any atom is 0.248 e. The van der Waals surface area contributed by atoms with Crippen LogP contribution in [0.25, 0.3) is 11.0 Å². The van der Waals surface area contributed by atoms with Gasteiger partial charge in [-0.25, -0.2) is 0 Å². The Labute approximate surface area is 99.1 Å². The average molecular weight is 237 g/mol. The molecule has 92 valence electrons. The normalized spacial score (nSPS) is 11.5. The first-order valence-corrected chi connectivity index (χ1v) is 5.62. The van der Waals surface area contributed by atoms with E-state index in [-0.39, 0.29) is 13.2 Å². The summed E-state index contributed by atoms with van der Waals surface area (Å²) in [5.41, 5.74) is 1.91. The molecule has 0 amide bonds. The molecular weight excluding hydrogens is 220 g/mol.